The Morgan fingerprint density at radius 3 is 2.85 bits per heavy atom. The second-order valence-corrected chi connectivity index (χ2v) is 4.75. The van der Waals surface area contributed by atoms with Gasteiger partial charge in [0.25, 0.3) is 0 Å². The maximum atomic E-state index is 6.00. The van der Waals surface area contributed by atoms with Crippen LogP contribution in [0.5, 0.6) is 5.75 Å². The summed E-state index contributed by atoms with van der Waals surface area (Å²) in [4.78, 5) is 5.91. The van der Waals surface area contributed by atoms with Crippen LogP contribution in [0.4, 0.5) is 0 Å². The van der Waals surface area contributed by atoms with Gasteiger partial charge in [-0.3, -0.25) is 4.98 Å². The highest BCUT2D eigenvalue weighted by molar-refractivity contribution is 5.30. The Morgan fingerprint density at radius 1 is 1.40 bits per heavy atom. The Balaban J connectivity index is 2.09. The van der Waals surface area contributed by atoms with E-state index < -0.39 is 0 Å². The van der Waals surface area contributed by atoms with Crippen molar-refractivity contribution in [3.05, 3.63) is 29.3 Å². The number of nitrogens with zero attached hydrogens (tertiary/aromatic N) is 5. The van der Waals surface area contributed by atoms with Crippen LogP contribution in [0.1, 0.15) is 30.6 Å². The van der Waals surface area contributed by atoms with Gasteiger partial charge in [0.05, 0.1) is 12.7 Å². The number of rotatable bonds is 6. The highest BCUT2D eigenvalue weighted by Gasteiger charge is 2.11. The van der Waals surface area contributed by atoms with Crippen molar-refractivity contribution in [2.75, 3.05) is 0 Å². The number of hydrogen-bond donors (Lipinski definition) is 1. The lowest BCUT2D eigenvalue weighted by molar-refractivity contribution is 0.289. The van der Waals surface area contributed by atoms with Crippen molar-refractivity contribution in [2.24, 2.45) is 12.8 Å². The van der Waals surface area contributed by atoms with Gasteiger partial charge >= 0.3 is 0 Å². The van der Waals surface area contributed by atoms with Gasteiger partial charge in [-0.15, -0.1) is 10.2 Å². The van der Waals surface area contributed by atoms with E-state index in [2.05, 4.69) is 27.3 Å². The number of ether oxygens (including phenoxy) is 1. The normalized spacial score (nSPS) is 12.4. The molecule has 7 nitrogen and oxygen atoms in total. The third-order valence-electron chi connectivity index (χ3n) is 2.96. The fourth-order valence-electron chi connectivity index (χ4n) is 1.79. The van der Waals surface area contributed by atoms with Gasteiger partial charge in [0, 0.05) is 18.2 Å². The number of aryl methyl sites for hydroxylation is 2. The number of tetrazole rings is 1. The summed E-state index contributed by atoms with van der Waals surface area (Å²) >= 11 is 0. The van der Waals surface area contributed by atoms with Gasteiger partial charge in [0.1, 0.15) is 5.75 Å². The summed E-state index contributed by atoms with van der Waals surface area (Å²) < 4.78 is 5.74. The Morgan fingerprint density at radius 2 is 2.20 bits per heavy atom. The van der Waals surface area contributed by atoms with E-state index in [4.69, 9.17) is 10.5 Å². The first-order valence-electron chi connectivity index (χ1n) is 6.66. The van der Waals surface area contributed by atoms with Gasteiger partial charge in [-0.25, -0.2) is 0 Å². The Kier molecular flexibility index (Phi) is 4.62. The van der Waals surface area contributed by atoms with Crippen LogP contribution in [0.25, 0.3) is 0 Å². The molecule has 0 aromatic carbocycles. The predicted octanol–water partition coefficient (Wildman–Crippen LogP) is 0.772. The van der Waals surface area contributed by atoms with E-state index >= 15 is 0 Å². The van der Waals surface area contributed by atoms with E-state index in [1.165, 1.54) is 4.80 Å². The van der Waals surface area contributed by atoms with Crippen molar-refractivity contribution in [3.63, 3.8) is 0 Å². The zero-order chi connectivity index (χ0) is 14.5. The quantitative estimate of drug-likeness (QED) is 0.838. The molecule has 0 saturated heterocycles. The monoisotopic (exact) mass is 276 g/mol. The van der Waals surface area contributed by atoms with Crippen LogP contribution < -0.4 is 10.5 Å². The smallest absolute Gasteiger partial charge is 0.212 e. The van der Waals surface area contributed by atoms with Gasteiger partial charge in [0.15, 0.2) is 6.61 Å². The molecule has 2 aromatic rings. The first kappa shape index (κ1) is 14.4. The van der Waals surface area contributed by atoms with E-state index in [1.54, 1.807) is 7.05 Å². The highest BCUT2D eigenvalue weighted by atomic mass is 16.5. The molecule has 7 heteroatoms. The van der Waals surface area contributed by atoms with Gasteiger partial charge in [0.2, 0.25) is 5.82 Å². The predicted molar refractivity (Wildman–Crippen MR) is 74.1 cm³/mol. The molecule has 20 heavy (non-hydrogen) atoms. The minimum Gasteiger partial charge on any atom is -0.484 e. The molecule has 0 bridgehead atoms. The van der Waals surface area contributed by atoms with Gasteiger partial charge in [-0.05, 0) is 30.7 Å². The zero-order valence-electron chi connectivity index (χ0n) is 12.1. The van der Waals surface area contributed by atoms with Crippen LogP contribution in [0.15, 0.2) is 12.1 Å². The lowest BCUT2D eigenvalue weighted by Gasteiger charge is -2.13. The van der Waals surface area contributed by atoms with Crippen LogP contribution >= 0.6 is 0 Å². The zero-order valence-corrected chi connectivity index (χ0v) is 12.1. The Labute approximate surface area is 118 Å². The average Bonchev–Trinajstić information content (AvgIpc) is 2.83. The molecular formula is C13H20N6O. The van der Waals surface area contributed by atoms with Crippen molar-refractivity contribution >= 4 is 0 Å². The highest BCUT2D eigenvalue weighted by Crippen LogP contribution is 2.19. The second-order valence-electron chi connectivity index (χ2n) is 4.75. The number of pyridine rings is 1. The van der Waals surface area contributed by atoms with E-state index in [9.17, 15) is 0 Å². The first-order chi connectivity index (χ1) is 9.58. The van der Waals surface area contributed by atoms with Crippen molar-refractivity contribution in [2.45, 2.75) is 39.3 Å². The lowest BCUT2D eigenvalue weighted by Crippen LogP contribution is -2.22. The minimum atomic E-state index is 0.0845. The molecule has 1 atom stereocenters. The molecule has 0 spiro atoms. The molecule has 0 saturated carbocycles. The van der Waals surface area contributed by atoms with Crippen molar-refractivity contribution in [3.8, 4) is 5.75 Å². The molecule has 0 radical (unpaired) electrons. The molecule has 2 rings (SSSR count). The van der Waals surface area contributed by atoms with Crippen molar-refractivity contribution in [1.82, 2.24) is 25.2 Å². The van der Waals surface area contributed by atoms with Crippen molar-refractivity contribution < 1.29 is 4.74 Å². The number of nitrogens with two attached hydrogens (primary N) is 1. The average molecular weight is 276 g/mol. The second kappa shape index (κ2) is 6.42. The fourth-order valence-corrected chi connectivity index (χ4v) is 1.79. The molecule has 2 N–H and O–H groups in total. The Hall–Kier alpha value is -2.02. The summed E-state index contributed by atoms with van der Waals surface area (Å²) in [6.07, 6.45) is 1.60. The standard InChI is InChI=1S/C13H20N6O/c1-4-10(14)7-11-12(6-5-9(2)15-11)20-8-13-16-18-19(3)17-13/h5-6,10H,4,7-8,14H2,1-3H3. The molecule has 0 aliphatic rings. The molecular weight excluding hydrogens is 256 g/mol. The Bertz CT molecular complexity index is 568. The maximum absolute atomic E-state index is 6.00. The third kappa shape index (κ3) is 3.74. The van der Waals surface area contributed by atoms with Crippen LogP contribution in [0, 0.1) is 6.92 Å². The molecule has 2 heterocycles. The lowest BCUT2D eigenvalue weighted by atomic mass is 10.1. The molecule has 0 fully saturated rings. The fraction of sp³-hybridized carbons (Fsp3) is 0.538. The minimum absolute atomic E-state index is 0.0845. The van der Waals surface area contributed by atoms with Crippen LogP contribution in [0.2, 0.25) is 0 Å². The van der Waals surface area contributed by atoms with Crippen molar-refractivity contribution in [1.29, 1.82) is 0 Å². The first-order valence-corrected chi connectivity index (χ1v) is 6.66. The van der Waals surface area contributed by atoms with Crippen LogP contribution in [0.3, 0.4) is 0 Å². The van der Waals surface area contributed by atoms with Gasteiger partial charge in [-0.2, -0.15) is 4.80 Å². The van der Waals surface area contributed by atoms with E-state index in [0.717, 1.165) is 23.6 Å². The van der Waals surface area contributed by atoms with E-state index in [0.29, 0.717) is 12.2 Å². The van der Waals surface area contributed by atoms with Gasteiger partial charge in [-0.1, -0.05) is 6.92 Å². The summed E-state index contributed by atoms with van der Waals surface area (Å²) in [6, 6.07) is 3.91. The molecule has 0 aliphatic heterocycles. The summed E-state index contributed by atoms with van der Waals surface area (Å²) in [5.41, 5.74) is 7.83. The molecule has 0 aliphatic carbocycles. The number of aromatic nitrogens is 5. The van der Waals surface area contributed by atoms with E-state index in [1.807, 2.05) is 19.1 Å². The molecule has 108 valence electrons. The van der Waals surface area contributed by atoms with Crippen LogP contribution in [-0.4, -0.2) is 31.2 Å². The van der Waals surface area contributed by atoms with Gasteiger partial charge < -0.3 is 10.5 Å². The molecule has 0 amide bonds. The van der Waals surface area contributed by atoms with Crippen LogP contribution in [-0.2, 0) is 20.1 Å². The third-order valence-corrected chi connectivity index (χ3v) is 2.96. The summed E-state index contributed by atoms with van der Waals surface area (Å²) in [5.74, 6) is 1.27. The SMILES string of the molecule is CCC(N)Cc1nc(C)ccc1OCc1nnn(C)n1. The largest absolute Gasteiger partial charge is 0.484 e. The number of hydrogen-bond acceptors (Lipinski definition) is 6. The molecule has 1 unspecified atom stereocenters. The maximum Gasteiger partial charge on any atom is 0.212 e. The van der Waals surface area contributed by atoms with E-state index in [-0.39, 0.29) is 12.6 Å². The summed E-state index contributed by atoms with van der Waals surface area (Å²) in [7, 11) is 1.72. The summed E-state index contributed by atoms with van der Waals surface area (Å²) in [6.45, 7) is 4.28. The topological polar surface area (TPSA) is 91.7 Å². The summed E-state index contributed by atoms with van der Waals surface area (Å²) in [5, 5.41) is 11.7. The molecule has 2 aromatic heterocycles.